The zero-order valence-corrected chi connectivity index (χ0v) is 17.2. The molecule has 1 saturated heterocycles. The number of fused-ring (bicyclic) bond motifs is 1. The minimum atomic E-state index is -0.190. The van der Waals surface area contributed by atoms with E-state index in [1.165, 1.54) is 0 Å². The van der Waals surface area contributed by atoms with Crippen LogP contribution in [0.5, 0.6) is 11.5 Å². The molecule has 0 spiro atoms. The van der Waals surface area contributed by atoms with Crippen LogP contribution in [0.4, 0.5) is 5.82 Å². The van der Waals surface area contributed by atoms with E-state index in [0.717, 1.165) is 32.0 Å². The summed E-state index contributed by atoms with van der Waals surface area (Å²) in [5.41, 5.74) is 1.85. The van der Waals surface area contributed by atoms with Gasteiger partial charge in [0.05, 0.1) is 17.4 Å². The number of aryl methyl sites for hydroxylation is 1. The van der Waals surface area contributed by atoms with Gasteiger partial charge in [-0.1, -0.05) is 6.07 Å². The average molecular weight is 417 g/mol. The molecule has 7 nitrogen and oxygen atoms in total. The number of benzene rings is 1. The molecular weight excluding hydrogens is 394 g/mol. The number of nitrogens with zero attached hydrogens (tertiary/aromatic N) is 3. The molecule has 7 heteroatoms. The molecule has 0 amide bonds. The molecule has 158 valence electrons. The topological polar surface area (TPSA) is 79.0 Å². The first-order chi connectivity index (χ1) is 15.1. The molecule has 0 unspecified atom stereocenters. The monoisotopic (exact) mass is 417 g/mol. The Bertz CT molecular complexity index is 1130. The fraction of sp³-hybridized carbons (Fsp3) is 0.250. The summed E-state index contributed by atoms with van der Waals surface area (Å²) in [5, 5.41) is 10.7. The van der Waals surface area contributed by atoms with Crippen molar-refractivity contribution in [2.45, 2.75) is 13.5 Å². The fourth-order valence-corrected chi connectivity index (χ4v) is 4.13. The Hall–Kier alpha value is -3.58. The van der Waals surface area contributed by atoms with E-state index in [-0.39, 0.29) is 17.3 Å². The number of piperazine rings is 1. The number of rotatable bonds is 4. The van der Waals surface area contributed by atoms with E-state index in [1.54, 1.807) is 36.7 Å². The highest BCUT2D eigenvalue weighted by molar-refractivity contribution is 6.15. The van der Waals surface area contributed by atoms with Crippen LogP contribution in [-0.4, -0.2) is 47.0 Å². The molecule has 31 heavy (non-hydrogen) atoms. The first kappa shape index (κ1) is 19.4. The number of Topliss-reactive ketones (excluding diaryl/α,β-unsaturated/α-hetero) is 1. The zero-order valence-electron chi connectivity index (χ0n) is 17.2. The molecule has 5 rings (SSSR count). The number of hydrogen-bond donors (Lipinski definition) is 1. The van der Waals surface area contributed by atoms with E-state index in [2.05, 4.69) is 14.8 Å². The number of ketones is 1. The van der Waals surface area contributed by atoms with E-state index >= 15 is 0 Å². The molecule has 0 atom stereocenters. The maximum Gasteiger partial charge on any atom is 0.232 e. The third kappa shape index (κ3) is 3.68. The van der Waals surface area contributed by atoms with E-state index < -0.39 is 0 Å². The predicted molar refractivity (Wildman–Crippen MR) is 116 cm³/mol. The molecule has 0 radical (unpaired) electrons. The Morgan fingerprint density at radius 1 is 1.16 bits per heavy atom. The fourth-order valence-electron chi connectivity index (χ4n) is 4.13. The van der Waals surface area contributed by atoms with E-state index in [4.69, 9.17) is 9.15 Å². The van der Waals surface area contributed by atoms with Crippen molar-refractivity contribution in [1.82, 2.24) is 9.88 Å². The number of aromatic nitrogens is 1. The molecule has 1 N–H and O–H groups in total. The number of carbonyl (C=O) groups is 1. The number of phenols is 1. The quantitative estimate of drug-likeness (QED) is 0.650. The van der Waals surface area contributed by atoms with Crippen LogP contribution in [0.1, 0.15) is 27.2 Å². The lowest BCUT2D eigenvalue weighted by Gasteiger charge is -2.35. The van der Waals surface area contributed by atoms with Crippen molar-refractivity contribution in [3.63, 3.8) is 0 Å². The van der Waals surface area contributed by atoms with Crippen LogP contribution in [0.25, 0.3) is 6.08 Å². The van der Waals surface area contributed by atoms with Crippen LogP contribution in [0.3, 0.4) is 0 Å². The van der Waals surface area contributed by atoms with Gasteiger partial charge in [-0.25, -0.2) is 4.98 Å². The Balaban J connectivity index is 1.37. The Morgan fingerprint density at radius 2 is 2.00 bits per heavy atom. The van der Waals surface area contributed by atoms with Gasteiger partial charge in [-0.05, 0) is 42.8 Å². The molecule has 1 aromatic carbocycles. The molecular formula is C24H23N3O4. The van der Waals surface area contributed by atoms with Gasteiger partial charge in [0, 0.05) is 45.0 Å². The second-order valence-corrected chi connectivity index (χ2v) is 7.80. The highest BCUT2D eigenvalue weighted by Crippen LogP contribution is 2.42. The van der Waals surface area contributed by atoms with Crippen LogP contribution in [0.2, 0.25) is 0 Å². The predicted octanol–water partition coefficient (Wildman–Crippen LogP) is 3.63. The van der Waals surface area contributed by atoms with Crippen LogP contribution in [0.15, 0.2) is 59.0 Å². The summed E-state index contributed by atoms with van der Waals surface area (Å²) in [6, 6.07) is 11.1. The average Bonchev–Trinajstić information content (AvgIpc) is 3.41. The lowest BCUT2D eigenvalue weighted by Crippen LogP contribution is -2.46. The number of hydrogen-bond acceptors (Lipinski definition) is 7. The summed E-state index contributed by atoms with van der Waals surface area (Å²) in [6.45, 7) is 5.64. The first-order valence-electron chi connectivity index (χ1n) is 10.3. The maximum atomic E-state index is 13.0. The van der Waals surface area contributed by atoms with Gasteiger partial charge < -0.3 is 19.2 Å². The molecule has 3 aromatic rings. The molecule has 2 aliphatic rings. The minimum absolute atomic E-state index is 0.149. The summed E-state index contributed by atoms with van der Waals surface area (Å²) in [7, 11) is 0. The Labute approximate surface area is 180 Å². The van der Waals surface area contributed by atoms with Gasteiger partial charge in [0.1, 0.15) is 23.1 Å². The number of anilines is 1. The number of allylic oxidation sites excluding steroid dienone is 1. The summed E-state index contributed by atoms with van der Waals surface area (Å²) in [5.74, 6) is 2.14. The van der Waals surface area contributed by atoms with Gasteiger partial charge in [-0.2, -0.15) is 0 Å². The van der Waals surface area contributed by atoms with E-state index in [0.29, 0.717) is 34.7 Å². The van der Waals surface area contributed by atoms with Crippen molar-refractivity contribution in [2.75, 3.05) is 31.1 Å². The highest BCUT2D eigenvalue weighted by Gasteiger charge is 2.34. The van der Waals surface area contributed by atoms with Crippen LogP contribution >= 0.6 is 0 Å². The summed E-state index contributed by atoms with van der Waals surface area (Å²) in [4.78, 5) is 21.9. The maximum absolute atomic E-state index is 13.0. The Kier molecular flexibility index (Phi) is 4.95. The van der Waals surface area contributed by atoms with Crippen LogP contribution in [0, 0.1) is 6.92 Å². The van der Waals surface area contributed by atoms with Gasteiger partial charge in [0.25, 0.3) is 0 Å². The van der Waals surface area contributed by atoms with Crippen molar-refractivity contribution < 1.29 is 19.1 Å². The van der Waals surface area contributed by atoms with Gasteiger partial charge in [-0.15, -0.1) is 0 Å². The van der Waals surface area contributed by atoms with E-state index in [1.807, 2.05) is 25.1 Å². The van der Waals surface area contributed by atoms with Crippen LogP contribution < -0.4 is 9.64 Å². The third-order valence-electron chi connectivity index (χ3n) is 5.76. The highest BCUT2D eigenvalue weighted by atomic mass is 16.5. The Morgan fingerprint density at radius 3 is 2.71 bits per heavy atom. The molecule has 4 heterocycles. The normalized spacial score (nSPS) is 17.8. The van der Waals surface area contributed by atoms with E-state index in [9.17, 15) is 9.90 Å². The molecule has 0 saturated carbocycles. The van der Waals surface area contributed by atoms with Crippen molar-refractivity contribution in [3.8, 4) is 11.5 Å². The summed E-state index contributed by atoms with van der Waals surface area (Å²) < 4.78 is 11.3. The second kappa shape index (κ2) is 7.92. The smallest absolute Gasteiger partial charge is 0.232 e. The summed E-state index contributed by atoms with van der Waals surface area (Å²) >= 11 is 0. The van der Waals surface area contributed by atoms with Crippen molar-refractivity contribution in [1.29, 1.82) is 0 Å². The standard InChI is InChI=1S/C24H23N3O4/c1-16-13-19(28)18(15-26-8-10-27(11-9-26)21-6-2-3-7-25-21)24-22(16)23(29)20(31-24)14-17-5-4-12-30-17/h2-7,12-14,28H,8-11,15H2,1H3/b20-14-. The zero-order chi connectivity index (χ0) is 21.4. The number of phenolic OH excluding ortho intramolecular Hbond substituents is 1. The molecule has 1 fully saturated rings. The SMILES string of the molecule is Cc1cc(O)c(CN2CCN(c3ccccn3)CC2)c2c1C(=O)/C(=C/c1ccco1)O2. The molecule has 2 aromatic heterocycles. The largest absolute Gasteiger partial charge is 0.507 e. The number of ether oxygens (including phenoxy) is 1. The number of aromatic hydroxyl groups is 1. The number of carbonyl (C=O) groups excluding carboxylic acids is 1. The first-order valence-corrected chi connectivity index (χ1v) is 10.3. The van der Waals surface area contributed by atoms with Gasteiger partial charge in [0.15, 0.2) is 5.76 Å². The molecule has 0 bridgehead atoms. The van der Waals surface area contributed by atoms with Crippen molar-refractivity contribution in [3.05, 3.63) is 77.1 Å². The van der Waals surface area contributed by atoms with Crippen molar-refractivity contribution in [2.24, 2.45) is 0 Å². The molecule has 2 aliphatic heterocycles. The third-order valence-corrected chi connectivity index (χ3v) is 5.76. The number of furan rings is 1. The van der Waals surface area contributed by atoms with Crippen molar-refractivity contribution >= 4 is 17.7 Å². The lowest BCUT2D eigenvalue weighted by molar-refractivity contribution is 0.101. The molecule has 0 aliphatic carbocycles. The number of pyridine rings is 1. The second-order valence-electron chi connectivity index (χ2n) is 7.80. The minimum Gasteiger partial charge on any atom is -0.507 e. The van der Waals surface area contributed by atoms with Crippen LogP contribution in [-0.2, 0) is 6.54 Å². The van der Waals surface area contributed by atoms with Gasteiger partial charge in [0.2, 0.25) is 5.78 Å². The van der Waals surface area contributed by atoms with Gasteiger partial charge >= 0.3 is 0 Å². The van der Waals surface area contributed by atoms with Gasteiger partial charge in [-0.3, -0.25) is 9.69 Å². The summed E-state index contributed by atoms with van der Waals surface area (Å²) in [6.07, 6.45) is 4.94. The lowest BCUT2D eigenvalue weighted by atomic mass is 9.99.